The first-order chi connectivity index (χ1) is 11.9. The second-order valence-corrected chi connectivity index (χ2v) is 7.26. The smallest absolute Gasteiger partial charge is 0.241 e. The maximum absolute atomic E-state index is 13.8. The van der Waals surface area contributed by atoms with Gasteiger partial charge in [0.2, 0.25) is 10.0 Å². The molecule has 1 aliphatic heterocycles. The molecule has 2 aromatic rings. The molecule has 3 rings (SSSR count). The van der Waals surface area contributed by atoms with Gasteiger partial charge in [-0.25, -0.2) is 17.5 Å². The van der Waals surface area contributed by atoms with Gasteiger partial charge < -0.3 is 14.2 Å². The fourth-order valence-corrected chi connectivity index (χ4v) is 3.76. The number of hydrogen-bond donors (Lipinski definition) is 1. The van der Waals surface area contributed by atoms with E-state index in [1.165, 1.54) is 19.2 Å². The lowest BCUT2D eigenvalue weighted by Crippen LogP contribution is -2.27. The first-order valence-corrected chi connectivity index (χ1v) is 9.14. The Morgan fingerprint density at radius 1 is 1.12 bits per heavy atom. The molecule has 0 amide bonds. The van der Waals surface area contributed by atoms with Crippen LogP contribution in [0, 0.1) is 5.82 Å². The van der Waals surface area contributed by atoms with Crippen molar-refractivity contribution in [2.45, 2.75) is 17.9 Å². The van der Waals surface area contributed by atoms with Crippen LogP contribution in [0.3, 0.4) is 0 Å². The summed E-state index contributed by atoms with van der Waals surface area (Å²) in [5, 5.41) is 0. The van der Waals surface area contributed by atoms with E-state index in [0.29, 0.717) is 30.3 Å². The number of halogens is 1. The number of rotatable bonds is 5. The Kier molecular flexibility index (Phi) is 4.82. The molecule has 134 valence electrons. The SMILES string of the molecule is COc1ccc(S(=O)(=O)NC(C)c2ccc3c(c2)OCCO3)cc1F. The Bertz CT molecular complexity index is 885. The van der Waals surface area contributed by atoms with Crippen LogP contribution >= 0.6 is 0 Å². The quantitative estimate of drug-likeness (QED) is 0.879. The molecule has 0 bridgehead atoms. The molecule has 1 unspecified atom stereocenters. The second kappa shape index (κ2) is 6.89. The van der Waals surface area contributed by atoms with E-state index in [-0.39, 0.29) is 10.6 Å². The maximum Gasteiger partial charge on any atom is 0.241 e. The average Bonchev–Trinajstić information content (AvgIpc) is 2.60. The van der Waals surface area contributed by atoms with E-state index in [0.717, 1.165) is 6.07 Å². The van der Waals surface area contributed by atoms with Gasteiger partial charge in [0.1, 0.15) is 13.2 Å². The van der Waals surface area contributed by atoms with Crippen LogP contribution in [0.4, 0.5) is 4.39 Å². The fraction of sp³-hybridized carbons (Fsp3) is 0.294. The topological polar surface area (TPSA) is 73.9 Å². The molecule has 0 aromatic heterocycles. The highest BCUT2D eigenvalue weighted by Gasteiger charge is 2.21. The Balaban J connectivity index is 1.81. The highest BCUT2D eigenvalue weighted by atomic mass is 32.2. The highest BCUT2D eigenvalue weighted by molar-refractivity contribution is 7.89. The predicted molar refractivity (Wildman–Crippen MR) is 89.1 cm³/mol. The van der Waals surface area contributed by atoms with Gasteiger partial charge in [0.15, 0.2) is 23.1 Å². The third kappa shape index (κ3) is 3.69. The molecule has 1 aliphatic rings. The summed E-state index contributed by atoms with van der Waals surface area (Å²) in [5.74, 6) is 0.448. The molecule has 6 nitrogen and oxygen atoms in total. The van der Waals surface area contributed by atoms with Gasteiger partial charge in [-0.2, -0.15) is 0 Å². The van der Waals surface area contributed by atoms with Gasteiger partial charge >= 0.3 is 0 Å². The van der Waals surface area contributed by atoms with Crippen molar-refractivity contribution in [1.29, 1.82) is 0 Å². The lowest BCUT2D eigenvalue weighted by molar-refractivity contribution is 0.171. The van der Waals surface area contributed by atoms with E-state index in [9.17, 15) is 12.8 Å². The van der Waals surface area contributed by atoms with Crippen molar-refractivity contribution in [3.63, 3.8) is 0 Å². The third-order valence-corrected chi connectivity index (χ3v) is 5.37. The van der Waals surface area contributed by atoms with Crippen molar-refractivity contribution in [2.75, 3.05) is 20.3 Å². The predicted octanol–water partition coefficient (Wildman–Crippen LogP) is 2.65. The summed E-state index contributed by atoms with van der Waals surface area (Å²) in [7, 11) is -2.58. The number of hydrogen-bond acceptors (Lipinski definition) is 5. The minimum atomic E-state index is -3.89. The van der Waals surface area contributed by atoms with Crippen molar-refractivity contribution < 1.29 is 27.0 Å². The summed E-state index contributed by atoms with van der Waals surface area (Å²) in [5.41, 5.74) is 0.710. The van der Waals surface area contributed by atoms with E-state index in [4.69, 9.17) is 14.2 Å². The number of benzene rings is 2. The molecule has 1 N–H and O–H groups in total. The molecule has 0 aliphatic carbocycles. The number of ether oxygens (including phenoxy) is 3. The van der Waals surface area contributed by atoms with Gasteiger partial charge in [-0.05, 0) is 42.8 Å². The van der Waals surface area contributed by atoms with Crippen molar-refractivity contribution in [3.05, 3.63) is 47.8 Å². The van der Waals surface area contributed by atoms with Gasteiger partial charge in [0, 0.05) is 6.04 Å². The van der Waals surface area contributed by atoms with Gasteiger partial charge in [-0.3, -0.25) is 0 Å². The summed E-state index contributed by atoms with van der Waals surface area (Å²) in [6.07, 6.45) is 0. The van der Waals surface area contributed by atoms with Gasteiger partial charge in [-0.1, -0.05) is 6.07 Å². The minimum absolute atomic E-state index is 0.0150. The Labute approximate surface area is 145 Å². The zero-order valence-corrected chi connectivity index (χ0v) is 14.6. The molecule has 25 heavy (non-hydrogen) atoms. The number of fused-ring (bicyclic) bond motifs is 1. The average molecular weight is 367 g/mol. The van der Waals surface area contributed by atoms with Crippen LogP contribution in [-0.4, -0.2) is 28.7 Å². The van der Waals surface area contributed by atoms with E-state index in [1.807, 2.05) is 0 Å². The fourth-order valence-electron chi connectivity index (χ4n) is 2.51. The zero-order chi connectivity index (χ0) is 18.0. The highest BCUT2D eigenvalue weighted by Crippen LogP contribution is 2.33. The normalized spacial score (nSPS) is 14.8. The summed E-state index contributed by atoms with van der Waals surface area (Å²) >= 11 is 0. The van der Waals surface area contributed by atoms with E-state index in [1.54, 1.807) is 25.1 Å². The van der Waals surface area contributed by atoms with E-state index >= 15 is 0 Å². The van der Waals surface area contributed by atoms with Gasteiger partial charge in [-0.15, -0.1) is 0 Å². The van der Waals surface area contributed by atoms with Crippen molar-refractivity contribution in [1.82, 2.24) is 4.72 Å². The monoisotopic (exact) mass is 367 g/mol. The second-order valence-electron chi connectivity index (χ2n) is 5.54. The van der Waals surface area contributed by atoms with Crippen molar-refractivity contribution in [2.24, 2.45) is 0 Å². The molecule has 0 saturated heterocycles. The van der Waals surface area contributed by atoms with Crippen molar-refractivity contribution >= 4 is 10.0 Å². The first-order valence-electron chi connectivity index (χ1n) is 7.66. The van der Waals surface area contributed by atoms with Gasteiger partial charge in [0.05, 0.1) is 12.0 Å². The standard InChI is InChI=1S/C17H18FNO5S/c1-11(12-3-5-16-17(9-12)24-8-7-23-16)19-25(20,21)13-4-6-15(22-2)14(18)10-13/h3-6,9-11,19H,7-8H2,1-2H3. The lowest BCUT2D eigenvalue weighted by atomic mass is 10.1. The Morgan fingerprint density at radius 2 is 1.84 bits per heavy atom. The van der Waals surface area contributed by atoms with Crippen LogP contribution in [0.15, 0.2) is 41.3 Å². The third-order valence-electron chi connectivity index (χ3n) is 3.83. The first kappa shape index (κ1) is 17.5. The molecule has 0 spiro atoms. The molecule has 1 atom stereocenters. The summed E-state index contributed by atoms with van der Waals surface area (Å²) in [6.45, 7) is 2.63. The molecule has 2 aromatic carbocycles. The lowest BCUT2D eigenvalue weighted by Gasteiger charge is -2.21. The molecular formula is C17H18FNO5S. The summed E-state index contributed by atoms with van der Waals surface area (Å²) in [4.78, 5) is -0.171. The zero-order valence-electron chi connectivity index (χ0n) is 13.8. The van der Waals surface area contributed by atoms with Crippen LogP contribution in [0.5, 0.6) is 17.2 Å². The summed E-state index contributed by atoms with van der Waals surface area (Å²) < 4.78 is 57.0. The van der Waals surface area contributed by atoms with Crippen LogP contribution in [0.1, 0.15) is 18.5 Å². The van der Waals surface area contributed by atoms with Crippen LogP contribution in [0.25, 0.3) is 0 Å². The minimum Gasteiger partial charge on any atom is -0.494 e. The molecule has 1 heterocycles. The van der Waals surface area contributed by atoms with Crippen molar-refractivity contribution in [3.8, 4) is 17.2 Å². The number of sulfonamides is 1. The maximum atomic E-state index is 13.8. The molecule has 8 heteroatoms. The Hall–Kier alpha value is -2.32. The van der Waals surface area contributed by atoms with Crippen LogP contribution in [-0.2, 0) is 10.0 Å². The molecule has 0 radical (unpaired) electrons. The van der Waals surface area contributed by atoms with Crippen LogP contribution in [0.2, 0.25) is 0 Å². The number of nitrogens with one attached hydrogen (secondary N) is 1. The Morgan fingerprint density at radius 3 is 2.52 bits per heavy atom. The number of methoxy groups -OCH3 is 1. The molecule has 0 fully saturated rings. The summed E-state index contributed by atoms with van der Waals surface area (Å²) in [6, 6.07) is 8.19. The van der Waals surface area contributed by atoms with E-state index < -0.39 is 21.9 Å². The molecular weight excluding hydrogens is 349 g/mol. The largest absolute Gasteiger partial charge is 0.494 e. The molecule has 0 saturated carbocycles. The van der Waals surface area contributed by atoms with E-state index in [2.05, 4.69) is 4.72 Å². The van der Waals surface area contributed by atoms with Crippen LogP contribution < -0.4 is 18.9 Å². The van der Waals surface area contributed by atoms with Gasteiger partial charge in [0.25, 0.3) is 0 Å².